The monoisotopic (exact) mass is 506 g/mol. The Hall–Kier alpha value is -3.94. The molecule has 0 aliphatic carbocycles. The van der Waals surface area contributed by atoms with Gasteiger partial charge in [0.2, 0.25) is 0 Å². The predicted molar refractivity (Wildman–Crippen MR) is 132 cm³/mol. The van der Waals surface area contributed by atoms with Gasteiger partial charge in [0.25, 0.3) is 0 Å². The minimum atomic E-state index is -4.43. The van der Waals surface area contributed by atoms with E-state index >= 15 is 0 Å². The Morgan fingerprint density at radius 2 is 1.14 bits per heavy atom. The summed E-state index contributed by atoms with van der Waals surface area (Å²) in [4.78, 5) is 13.0. The lowest BCUT2D eigenvalue weighted by molar-refractivity contribution is -0.170. The first-order chi connectivity index (χ1) is 17.8. The molecule has 1 N–H and O–H groups in total. The summed E-state index contributed by atoms with van der Waals surface area (Å²) in [6, 6.07) is 31.2. The van der Waals surface area contributed by atoms with Gasteiger partial charge in [-0.15, -0.1) is 0 Å². The van der Waals surface area contributed by atoms with Crippen LogP contribution in [-0.4, -0.2) is 11.1 Å². The molecule has 0 fully saturated rings. The van der Waals surface area contributed by atoms with Gasteiger partial charge in [-0.25, -0.2) is 4.79 Å². The minimum absolute atomic E-state index is 0.0280. The molecule has 4 nitrogen and oxygen atoms in total. The van der Waals surface area contributed by atoms with E-state index in [2.05, 4.69) is 0 Å². The molecule has 7 heteroatoms. The Kier molecular flexibility index (Phi) is 8.38. The topological polar surface area (TPSA) is 55.8 Å². The number of esters is 1. The van der Waals surface area contributed by atoms with Crippen LogP contribution in [0, 0.1) is 0 Å². The summed E-state index contributed by atoms with van der Waals surface area (Å²) < 4.78 is 50.9. The van der Waals surface area contributed by atoms with E-state index in [-0.39, 0.29) is 6.61 Å². The molecule has 0 aliphatic rings. The second-order valence-corrected chi connectivity index (χ2v) is 8.42. The van der Waals surface area contributed by atoms with Crippen LogP contribution in [0.15, 0.2) is 115 Å². The molecule has 3 atom stereocenters. The van der Waals surface area contributed by atoms with Crippen LogP contribution in [0.2, 0.25) is 0 Å². The van der Waals surface area contributed by atoms with E-state index in [0.717, 1.165) is 12.1 Å². The highest BCUT2D eigenvalue weighted by Gasteiger charge is 2.33. The summed E-state index contributed by atoms with van der Waals surface area (Å²) in [7, 11) is 0. The van der Waals surface area contributed by atoms with Crippen molar-refractivity contribution in [1.82, 2.24) is 0 Å². The van der Waals surface area contributed by atoms with E-state index < -0.39 is 36.0 Å². The van der Waals surface area contributed by atoms with E-state index in [9.17, 15) is 23.1 Å². The Bertz CT molecular complexity index is 1260. The summed E-state index contributed by atoms with van der Waals surface area (Å²) in [5, 5.41) is 10.6. The molecular formula is C30H25F3O4. The maximum atomic E-state index is 13.0. The Morgan fingerprint density at radius 3 is 1.62 bits per heavy atom. The van der Waals surface area contributed by atoms with Crippen LogP contribution < -0.4 is 0 Å². The molecule has 0 heterocycles. The van der Waals surface area contributed by atoms with Gasteiger partial charge in [-0.2, -0.15) is 13.2 Å². The van der Waals surface area contributed by atoms with Gasteiger partial charge >= 0.3 is 12.1 Å². The van der Waals surface area contributed by atoms with Crippen molar-refractivity contribution in [1.29, 1.82) is 0 Å². The standard InChI is InChI=1S/C30H25F3O4/c31-30(32,33)25-18-16-21(17-19-25)20-36-27(23-12-6-2-7-13-23)28(24-14-8-3-9-15-24)37-29(35)26(34)22-10-4-1-5-11-22/h1-19,26-28,34H,20H2/t26-,27+,28+/m0/s1. The average Bonchev–Trinajstić information content (AvgIpc) is 2.93. The number of aliphatic hydroxyl groups is 1. The zero-order chi connectivity index (χ0) is 26.3. The van der Waals surface area contributed by atoms with Gasteiger partial charge in [0.1, 0.15) is 6.10 Å². The van der Waals surface area contributed by atoms with E-state index in [1.807, 2.05) is 36.4 Å². The number of halogens is 3. The number of carbonyl (C=O) groups excluding carboxylic acids is 1. The number of benzene rings is 4. The number of alkyl halides is 3. The van der Waals surface area contributed by atoms with E-state index in [1.165, 1.54) is 12.1 Å². The number of rotatable bonds is 9. The molecule has 190 valence electrons. The molecule has 37 heavy (non-hydrogen) atoms. The van der Waals surface area contributed by atoms with Crippen LogP contribution in [-0.2, 0) is 27.1 Å². The Labute approximate surface area is 212 Å². The lowest BCUT2D eigenvalue weighted by Gasteiger charge is -2.29. The van der Waals surface area contributed by atoms with Gasteiger partial charge in [0.05, 0.1) is 12.2 Å². The van der Waals surface area contributed by atoms with Gasteiger partial charge in [0, 0.05) is 0 Å². The number of carbonyl (C=O) groups is 1. The summed E-state index contributed by atoms with van der Waals surface area (Å²) in [6.45, 7) is -0.0280. The second kappa shape index (κ2) is 11.9. The van der Waals surface area contributed by atoms with Gasteiger partial charge in [-0.05, 0) is 34.4 Å². The molecule has 0 aliphatic heterocycles. The highest BCUT2D eigenvalue weighted by Crippen LogP contribution is 2.37. The molecule has 4 aromatic rings. The first-order valence-corrected chi connectivity index (χ1v) is 11.6. The normalized spacial score (nSPS) is 13.9. The molecule has 0 bridgehead atoms. The molecule has 4 rings (SSSR count). The molecular weight excluding hydrogens is 481 g/mol. The van der Waals surface area contributed by atoms with Crippen molar-refractivity contribution >= 4 is 5.97 Å². The van der Waals surface area contributed by atoms with Gasteiger partial charge in [-0.3, -0.25) is 0 Å². The average molecular weight is 507 g/mol. The SMILES string of the molecule is O=C(O[C@H](c1ccccc1)[C@H](OCc1ccc(C(F)(F)F)cc1)c1ccccc1)[C@@H](O)c1ccccc1. The fourth-order valence-electron chi connectivity index (χ4n) is 3.89. The molecule has 0 spiro atoms. The summed E-state index contributed by atoms with van der Waals surface area (Å²) in [5.41, 5.74) is 1.50. The fourth-order valence-corrected chi connectivity index (χ4v) is 3.89. The fraction of sp³-hybridized carbons (Fsp3) is 0.167. The first-order valence-electron chi connectivity index (χ1n) is 11.6. The van der Waals surface area contributed by atoms with Crippen molar-refractivity contribution in [3.8, 4) is 0 Å². The van der Waals surface area contributed by atoms with Crippen LogP contribution in [0.5, 0.6) is 0 Å². The highest BCUT2D eigenvalue weighted by molar-refractivity contribution is 5.76. The van der Waals surface area contributed by atoms with Crippen molar-refractivity contribution in [3.05, 3.63) is 143 Å². The van der Waals surface area contributed by atoms with Crippen molar-refractivity contribution in [2.75, 3.05) is 0 Å². The largest absolute Gasteiger partial charge is 0.452 e. The van der Waals surface area contributed by atoms with E-state index in [4.69, 9.17) is 9.47 Å². The highest BCUT2D eigenvalue weighted by atomic mass is 19.4. The Morgan fingerprint density at radius 1 is 0.676 bits per heavy atom. The van der Waals surface area contributed by atoms with Crippen molar-refractivity contribution in [2.24, 2.45) is 0 Å². The van der Waals surface area contributed by atoms with Crippen molar-refractivity contribution < 1.29 is 32.5 Å². The van der Waals surface area contributed by atoms with E-state index in [1.54, 1.807) is 54.6 Å². The zero-order valence-electron chi connectivity index (χ0n) is 19.7. The summed E-state index contributed by atoms with van der Waals surface area (Å²) >= 11 is 0. The molecule has 0 saturated carbocycles. The van der Waals surface area contributed by atoms with Crippen LogP contribution in [0.25, 0.3) is 0 Å². The smallest absolute Gasteiger partial charge is 0.416 e. The van der Waals surface area contributed by atoms with E-state index in [0.29, 0.717) is 22.3 Å². The van der Waals surface area contributed by atoms with Gasteiger partial charge in [-0.1, -0.05) is 103 Å². The second-order valence-electron chi connectivity index (χ2n) is 8.42. The maximum Gasteiger partial charge on any atom is 0.416 e. The summed E-state index contributed by atoms with van der Waals surface area (Å²) in [6.07, 6.45) is -7.68. The lowest BCUT2D eigenvalue weighted by atomic mass is 9.97. The number of ether oxygens (including phenoxy) is 2. The number of aliphatic hydroxyl groups excluding tert-OH is 1. The number of hydrogen-bond acceptors (Lipinski definition) is 4. The van der Waals surface area contributed by atoms with Gasteiger partial charge < -0.3 is 14.6 Å². The molecule has 0 unspecified atom stereocenters. The van der Waals surface area contributed by atoms with Gasteiger partial charge in [0.15, 0.2) is 12.2 Å². The molecule has 0 amide bonds. The van der Waals surface area contributed by atoms with Crippen LogP contribution in [0.4, 0.5) is 13.2 Å². The maximum absolute atomic E-state index is 13.0. The third-order valence-electron chi connectivity index (χ3n) is 5.82. The Balaban J connectivity index is 1.63. The zero-order valence-corrected chi connectivity index (χ0v) is 19.7. The molecule has 0 saturated heterocycles. The number of hydrogen-bond donors (Lipinski definition) is 1. The van der Waals surface area contributed by atoms with Crippen molar-refractivity contribution in [2.45, 2.75) is 31.1 Å². The quantitative estimate of drug-likeness (QED) is 0.249. The van der Waals surface area contributed by atoms with Crippen LogP contribution in [0.1, 0.15) is 46.1 Å². The van der Waals surface area contributed by atoms with Crippen LogP contribution in [0.3, 0.4) is 0 Å². The molecule has 4 aromatic carbocycles. The molecule has 0 aromatic heterocycles. The predicted octanol–water partition coefficient (Wildman–Crippen LogP) is 6.98. The lowest BCUT2D eigenvalue weighted by Crippen LogP contribution is -2.24. The van der Waals surface area contributed by atoms with Crippen molar-refractivity contribution in [3.63, 3.8) is 0 Å². The summed E-state index contributed by atoms with van der Waals surface area (Å²) in [5.74, 6) is -0.848. The third kappa shape index (κ3) is 6.84. The third-order valence-corrected chi connectivity index (χ3v) is 5.82. The minimum Gasteiger partial charge on any atom is -0.452 e. The van der Waals surface area contributed by atoms with Crippen LogP contribution >= 0.6 is 0 Å². The molecule has 0 radical (unpaired) electrons. The first kappa shape index (κ1) is 26.1.